The van der Waals surface area contributed by atoms with Crippen LogP contribution in [0.4, 0.5) is 0 Å². The zero-order chi connectivity index (χ0) is 13.4. The average Bonchev–Trinajstić information content (AvgIpc) is 3.10. The number of nitrogens with zero attached hydrogens (tertiary/aromatic N) is 4. The molecule has 0 bridgehead atoms. The van der Waals surface area contributed by atoms with E-state index in [9.17, 15) is 5.11 Å². The van der Waals surface area contributed by atoms with Crippen molar-refractivity contribution in [2.75, 3.05) is 0 Å². The molecule has 0 aliphatic heterocycles. The summed E-state index contributed by atoms with van der Waals surface area (Å²) in [5.74, 6) is 0. The van der Waals surface area contributed by atoms with Gasteiger partial charge in [0.2, 0.25) is 5.16 Å². The highest BCUT2D eigenvalue weighted by Gasteiger charge is 2.28. The molecule has 2 aromatic rings. The molecule has 1 aromatic carbocycles. The number of hydrogen-bond acceptors (Lipinski definition) is 5. The van der Waals surface area contributed by atoms with Gasteiger partial charge < -0.3 is 5.11 Å². The molecule has 1 saturated carbocycles. The maximum absolute atomic E-state index is 9.60. The van der Waals surface area contributed by atoms with Crippen LogP contribution in [0.5, 0.6) is 0 Å². The molecule has 0 spiro atoms. The Bertz CT molecular complexity index is 597. The number of aromatic nitrogens is 4. The van der Waals surface area contributed by atoms with Gasteiger partial charge in [-0.1, -0.05) is 22.0 Å². The largest absolute Gasteiger partial charge is 0.389 e. The third-order valence-corrected chi connectivity index (χ3v) is 4.61. The lowest BCUT2D eigenvalue weighted by Gasteiger charge is -2.09. The predicted octanol–water partition coefficient (Wildman–Crippen LogP) is 2.98. The first kappa shape index (κ1) is 13.1. The normalized spacial score (nSPS) is 16.6. The van der Waals surface area contributed by atoms with Crippen LogP contribution < -0.4 is 0 Å². The second kappa shape index (κ2) is 5.22. The summed E-state index contributed by atoms with van der Waals surface area (Å²) in [7, 11) is 0. The van der Waals surface area contributed by atoms with Crippen LogP contribution in [-0.2, 0) is 0 Å². The van der Waals surface area contributed by atoms with E-state index in [2.05, 4.69) is 31.5 Å². The highest BCUT2D eigenvalue weighted by Crippen LogP contribution is 2.38. The van der Waals surface area contributed by atoms with E-state index in [-0.39, 0.29) is 0 Å². The van der Waals surface area contributed by atoms with Gasteiger partial charge in [0.1, 0.15) is 0 Å². The van der Waals surface area contributed by atoms with E-state index < -0.39 is 6.10 Å². The molecule has 5 nitrogen and oxygen atoms in total. The number of aliphatic hydroxyl groups is 1. The van der Waals surface area contributed by atoms with E-state index in [1.165, 1.54) is 11.8 Å². The molecule has 7 heteroatoms. The molecule has 3 rings (SSSR count). The summed E-state index contributed by atoms with van der Waals surface area (Å²) in [6.07, 6.45) is 1.83. The van der Waals surface area contributed by atoms with Gasteiger partial charge in [-0.05, 0) is 59.7 Å². The second-order valence-corrected chi connectivity index (χ2v) is 6.49. The molecule has 1 N–H and O–H groups in total. The Morgan fingerprint density at radius 1 is 1.47 bits per heavy atom. The van der Waals surface area contributed by atoms with Crippen molar-refractivity contribution in [2.45, 2.75) is 42.0 Å². The molecule has 100 valence electrons. The van der Waals surface area contributed by atoms with Crippen LogP contribution in [0.2, 0.25) is 0 Å². The van der Waals surface area contributed by atoms with E-state index in [1.807, 2.05) is 22.9 Å². The minimum atomic E-state index is -0.481. The lowest BCUT2D eigenvalue weighted by Crippen LogP contribution is -1.98. The predicted molar refractivity (Wildman–Crippen MR) is 75.0 cm³/mol. The molecule has 0 radical (unpaired) electrons. The number of rotatable bonds is 4. The summed E-state index contributed by atoms with van der Waals surface area (Å²) < 4.78 is 2.79. The van der Waals surface area contributed by atoms with Crippen molar-refractivity contribution >= 4 is 27.7 Å². The topological polar surface area (TPSA) is 63.8 Å². The van der Waals surface area contributed by atoms with Gasteiger partial charge in [0.05, 0.1) is 12.1 Å². The maximum atomic E-state index is 9.60. The average molecular weight is 341 g/mol. The maximum Gasteiger partial charge on any atom is 0.214 e. The lowest BCUT2D eigenvalue weighted by atomic mass is 10.1. The molecule has 0 saturated heterocycles. The van der Waals surface area contributed by atoms with Gasteiger partial charge in [0, 0.05) is 9.37 Å². The van der Waals surface area contributed by atoms with Crippen LogP contribution >= 0.6 is 27.7 Å². The molecule has 0 amide bonds. The Hall–Kier alpha value is -0.920. The van der Waals surface area contributed by atoms with E-state index in [0.717, 1.165) is 32.9 Å². The van der Waals surface area contributed by atoms with Crippen LogP contribution in [0.3, 0.4) is 0 Å². The van der Waals surface area contributed by atoms with E-state index >= 15 is 0 Å². The molecule has 1 aliphatic carbocycles. The van der Waals surface area contributed by atoms with Crippen molar-refractivity contribution < 1.29 is 5.11 Å². The summed E-state index contributed by atoms with van der Waals surface area (Å²) in [5, 5.41) is 22.2. The van der Waals surface area contributed by atoms with Crippen molar-refractivity contribution in [3.63, 3.8) is 0 Å². The minimum Gasteiger partial charge on any atom is -0.389 e. The van der Waals surface area contributed by atoms with E-state index in [1.54, 1.807) is 6.92 Å². The molecule has 1 atom stereocenters. The van der Waals surface area contributed by atoms with Crippen LogP contribution in [-0.4, -0.2) is 25.3 Å². The molecular formula is C12H13BrN4OS. The second-order valence-electron chi connectivity index (χ2n) is 4.60. The molecule has 1 heterocycles. The van der Waals surface area contributed by atoms with Gasteiger partial charge in [-0.3, -0.25) is 0 Å². The van der Waals surface area contributed by atoms with E-state index in [4.69, 9.17) is 0 Å². The summed E-state index contributed by atoms with van der Waals surface area (Å²) in [6, 6.07) is 6.35. The fraction of sp³-hybridized carbons (Fsp3) is 0.417. The molecule has 1 fully saturated rings. The smallest absolute Gasteiger partial charge is 0.214 e. The Labute approximate surface area is 123 Å². The zero-order valence-electron chi connectivity index (χ0n) is 10.3. The minimum absolute atomic E-state index is 0.470. The Kier molecular flexibility index (Phi) is 3.60. The molecule has 1 unspecified atom stereocenters. The highest BCUT2D eigenvalue weighted by atomic mass is 79.9. The van der Waals surface area contributed by atoms with Gasteiger partial charge in [-0.25, -0.2) is 4.68 Å². The first-order chi connectivity index (χ1) is 9.15. The fourth-order valence-corrected chi connectivity index (χ4v) is 3.56. The van der Waals surface area contributed by atoms with Crippen molar-refractivity contribution in [2.24, 2.45) is 0 Å². The van der Waals surface area contributed by atoms with Crippen molar-refractivity contribution in [1.29, 1.82) is 0 Å². The first-order valence-corrected chi connectivity index (χ1v) is 7.69. The third kappa shape index (κ3) is 2.82. The van der Waals surface area contributed by atoms with Crippen molar-refractivity contribution in [3.05, 3.63) is 28.2 Å². The van der Waals surface area contributed by atoms with Crippen LogP contribution in [0.15, 0.2) is 32.7 Å². The Morgan fingerprint density at radius 2 is 2.26 bits per heavy atom. The Balaban J connectivity index is 1.83. The van der Waals surface area contributed by atoms with E-state index in [0.29, 0.717) is 6.04 Å². The van der Waals surface area contributed by atoms with Crippen LogP contribution in [0.25, 0.3) is 0 Å². The number of halogens is 1. The summed E-state index contributed by atoms with van der Waals surface area (Å²) in [6.45, 7) is 1.75. The fourth-order valence-electron chi connectivity index (χ4n) is 1.82. The Morgan fingerprint density at radius 3 is 2.89 bits per heavy atom. The zero-order valence-corrected chi connectivity index (χ0v) is 12.7. The van der Waals surface area contributed by atoms with Crippen LogP contribution in [0, 0.1) is 0 Å². The quantitative estimate of drug-likeness (QED) is 0.926. The van der Waals surface area contributed by atoms with Crippen LogP contribution in [0.1, 0.15) is 37.5 Å². The molecule has 1 aliphatic rings. The highest BCUT2D eigenvalue weighted by molar-refractivity contribution is 9.10. The molecular weight excluding hydrogens is 328 g/mol. The SMILES string of the molecule is CC(O)c1ccc(Sc2nnnn2C2CC2)cc1Br. The standard InChI is InChI=1S/C12H13BrN4OS/c1-7(18)10-5-4-9(6-11(10)13)19-12-14-15-16-17(12)8-2-3-8/h4-8,18H,2-3H2,1H3. The lowest BCUT2D eigenvalue weighted by molar-refractivity contribution is 0.198. The molecule has 1 aromatic heterocycles. The number of tetrazole rings is 1. The van der Waals surface area contributed by atoms with Gasteiger partial charge in [-0.15, -0.1) is 5.10 Å². The van der Waals surface area contributed by atoms with Crippen molar-refractivity contribution in [3.8, 4) is 0 Å². The monoisotopic (exact) mass is 340 g/mol. The third-order valence-electron chi connectivity index (χ3n) is 2.99. The summed E-state index contributed by atoms with van der Waals surface area (Å²) in [4.78, 5) is 1.05. The van der Waals surface area contributed by atoms with Gasteiger partial charge in [0.15, 0.2) is 0 Å². The van der Waals surface area contributed by atoms with Crippen molar-refractivity contribution in [1.82, 2.24) is 20.2 Å². The first-order valence-electron chi connectivity index (χ1n) is 6.08. The van der Waals surface area contributed by atoms with Gasteiger partial charge >= 0.3 is 0 Å². The van der Waals surface area contributed by atoms with Gasteiger partial charge in [0.25, 0.3) is 0 Å². The number of benzene rings is 1. The summed E-state index contributed by atoms with van der Waals surface area (Å²) >= 11 is 5.02. The summed E-state index contributed by atoms with van der Waals surface area (Å²) in [5.41, 5.74) is 0.881. The number of aliphatic hydroxyl groups excluding tert-OH is 1. The number of hydrogen-bond donors (Lipinski definition) is 1. The van der Waals surface area contributed by atoms with Gasteiger partial charge in [-0.2, -0.15) is 0 Å². The molecule has 19 heavy (non-hydrogen) atoms.